The zero-order valence-corrected chi connectivity index (χ0v) is 18.5. The lowest BCUT2D eigenvalue weighted by Gasteiger charge is -2.32. The fourth-order valence-corrected chi connectivity index (χ4v) is 4.10. The molecule has 1 aromatic heterocycles. The molecule has 3 aromatic rings. The lowest BCUT2D eigenvalue weighted by Crippen LogP contribution is -2.34. The molecule has 2 heterocycles. The van der Waals surface area contributed by atoms with Crippen LogP contribution in [0, 0.1) is 0 Å². The van der Waals surface area contributed by atoms with E-state index in [2.05, 4.69) is 27.3 Å². The molecule has 0 saturated carbocycles. The van der Waals surface area contributed by atoms with E-state index in [4.69, 9.17) is 19.3 Å². The van der Waals surface area contributed by atoms with Crippen molar-refractivity contribution < 1.29 is 24.1 Å². The summed E-state index contributed by atoms with van der Waals surface area (Å²) in [5.41, 5.74) is 2.70. The fourth-order valence-electron chi connectivity index (χ4n) is 4.10. The highest BCUT2D eigenvalue weighted by atomic mass is 16.7. The maximum Gasteiger partial charge on any atom is 0.511 e. The number of rotatable bonds is 7. The van der Waals surface area contributed by atoms with Crippen molar-refractivity contribution in [2.24, 2.45) is 0 Å². The number of aromatic nitrogens is 3. The van der Waals surface area contributed by atoms with Crippen molar-refractivity contribution in [2.75, 3.05) is 20.2 Å². The summed E-state index contributed by atoms with van der Waals surface area (Å²) >= 11 is 0. The molecule has 9 heteroatoms. The van der Waals surface area contributed by atoms with Crippen LogP contribution in [0.5, 0.6) is 17.2 Å². The van der Waals surface area contributed by atoms with Crippen LogP contribution in [0.15, 0.2) is 36.4 Å². The molecule has 1 N–H and O–H groups in total. The maximum absolute atomic E-state index is 10.7. The first-order chi connectivity index (χ1) is 15.4. The highest BCUT2D eigenvalue weighted by Crippen LogP contribution is 2.31. The summed E-state index contributed by atoms with van der Waals surface area (Å²) in [5, 5.41) is 17.3. The van der Waals surface area contributed by atoms with E-state index < -0.39 is 6.16 Å². The number of fused-ring (bicyclic) bond motifs is 1. The van der Waals surface area contributed by atoms with Gasteiger partial charge in [-0.15, -0.1) is 5.10 Å². The quantitative estimate of drug-likeness (QED) is 0.433. The second kappa shape index (κ2) is 9.44. The molecule has 0 unspecified atom stereocenters. The number of methoxy groups -OCH3 is 1. The van der Waals surface area contributed by atoms with Crippen LogP contribution in [0.25, 0.3) is 11.0 Å². The molecule has 4 rings (SSSR count). The number of hydrogen-bond acceptors (Lipinski definition) is 7. The van der Waals surface area contributed by atoms with Gasteiger partial charge >= 0.3 is 6.16 Å². The van der Waals surface area contributed by atoms with Crippen molar-refractivity contribution in [2.45, 2.75) is 45.4 Å². The molecule has 0 bridgehead atoms. The lowest BCUT2D eigenvalue weighted by atomic mass is 10.0. The number of likely N-dealkylation sites (tertiary alicyclic amines) is 1. The van der Waals surface area contributed by atoms with Crippen LogP contribution in [0.4, 0.5) is 4.79 Å². The first kappa shape index (κ1) is 21.9. The number of piperidine rings is 1. The van der Waals surface area contributed by atoms with Gasteiger partial charge in [0.2, 0.25) is 0 Å². The van der Waals surface area contributed by atoms with Gasteiger partial charge in [0.25, 0.3) is 0 Å². The Kier molecular flexibility index (Phi) is 6.45. The maximum atomic E-state index is 10.7. The summed E-state index contributed by atoms with van der Waals surface area (Å²) in [7, 11) is 1.65. The van der Waals surface area contributed by atoms with E-state index in [9.17, 15) is 4.79 Å². The summed E-state index contributed by atoms with van der Waals surface area (Å²) in [6.07, 6.45) is 0.650. The van der Waals surface area contributed by atoms with Crippen molar-refractivity contribution in [3.63, 3.8) is 0 Å². The van der Waals surface area contributed by atoms with Crippen LogP contribution >= 0.6 is 0 Å². The van der Waals surface area contributed by atoms with Gasteiger partial charge in [0.05, 0.1) is 24.8 Å². The second-order valence-corrected chi connectivity index (χ2v) is 8.21. The Balaban J connectivity index is 1.40. The SMILES string of the molecule is COc1ccc(CN2CCC(n3nnc4cc(OC(=O)O)ccc43)CC2)cc1OC(C)C. The van der Waals surface area contributed by atoms with E-state index in [1.54, 1.807) is 19.2 Å². The largest absolute Gasteiger partial charge is 0.511 e. The Morgan fingerprint density at radius 2 is 1.94 bits per heavy atom. The molecular weight excluding hydrogens is 412 g/mol. The van der Waals surface area contributed by atoms with Crippen LogP contribution in [-0.4, -0.2) is 57.5 Å². The molecule has 1 aliphatic heterocycles. The summed E-state index contributed by atoms with van der Waals surface area (Å²) in [6, 6.07) is 11.4. The molecule has 0 spiro atoms. The molecule has 9 nitrogen and oxygen atoms in total. The van der Waals surface area contributed by atoms with Gasteiger partial charge in [-0.05, 0) is 56.5 Å². The third kappa shape index (κ3) is 4.94. The van der Waals surface area contributed by atoms with Crippen LogP contribution in [0.1, 0.15) is 38.3 Å². The van der Waals surface area contributed by atoms with Gasteiger partial charge in [-0.1, -0.05) is 11.3 Å². The zero-order valence-electron chi connectivity index (χ0n) is 18.5. The van der Waals surface area contributed by atoms with Gasteiger partial charge in [0.1, 0.15) is 11.3 Å². The number of carboxylic acid groups (broad SMARTS) is 1. The average molecular weight is 441 g/mol. The highest BCUT2D eigenvalue weighted by Gasteiger charge is 2.23. The lowest BCUT2D eigenvalue weighted by molar-refractivity contribution is 0.144. The Morgan fingerprint density at radius 3 is 2.62 bits per heavy atom. The monoisotopic (exact) mass is 440 g/mol. The molecular formula is C23H28N4O5. The minimum atomic E-state index is -1.34. The first-order valence-corrected chi connectivity index (χ1v) is 10.7. The number of ether oxygens (including phenoxy) is 3. The van der Waals surface area contributed by atoms with Crippen molar-refractivity contribution in [1.29, 1.82) is 0 Å². The summed E-state index contributed by atoms with van der Waals surface area (Å²) in [4.78, 5) is 13.2. The van der Waals surface area contributed by atoms with Crippen molar-refractivity contribution in [1.82, 2.24) is 19.9 Å². The Hall–Kier alpha value is -3.33. The standard InChI is InChI=1S/C23H28N4O5/c1-15(2)31-22-12-16(4-7-21(22)30-3)14-26-10-8-17(9-11-26)27-20-6-5-18(32-23(28)29)13-19(20)24-25-27/h4-7,12-13,15,17H,8-11,14H2,1-3H3,(H,28,29). The van der Waals surface area contributed by atoms with Crippen molar-refractivity contribution in [3.05, 3.63) is 42.0 Å². The predicted molar refractivity (Wildman–Crippen MR) is 118 cm³/mol. The molecule has 0 radical (unpaired) electrons. The smallest absolute Gasteiger partial charge is 0.493 e. The molecule has 1 saturated heterocycles. The van der Waals surface area contributed by atoms with Gasteiger partial charge in [0.15, 0.2) is 11.5 Å². The molecule has 0 amide bonds. The normalized spacial score (nSPS) is 15.2. The van der Waals surface area contributed by atoms with Crippen LogP contribution in [0.2, 0.25) is 0 Å². The summed E-state index contributed by atoms with van der Waals surface area (Å²) < 4.78 is 18.0. The minimum absolute atomic E-state index is 0.0826. The molecule has 170 valence electrons. The topological polar surface area (TPSA) is 98.9 Å². The van der Waals surface area contributed by atoms with Crippen molar-refractivity contribution >= 4 is 17.2 Å². The second-order valence-electron chi connectivity index (χ2n) is 8.21. The van der Waals surface area contributed by atoms with E-state index in [-0.39, 0.29) is 17.9 Å². The van der Waals surface area contributed by atoms with Crippen LogP contribution < -0.4 is 14.2 Å². The number of carbonyl (C=O) groups is 1. The Morgan fingerprint density at radius 1 is 1.16 bits per heavy atom. The van der Waals surface area contributed by atoms with E-state index >= 15 is 0 Å². The zero-order chi connectivity index (χ0) is 22.7. The predicted octanol–water partition coefficient (Wildman–Crippen LogP) is 4.12. The molecule has 0 aliphatic carbocycles. The Labute approximate surface area is 186 Å². The minimum Gasteiger partial charge on any atom is -0.493 e. The van der Waals surface area contributed by atoms with Crippen LogP contribution in [-0.2, 0) is 6.54 Å². The average Bonchev–Trinajstić information content (AvgIpc) is 3.17. The third-order valence-electron chi connectivity index (χ3n) is 5.55. The third-order valence-corrected chi connectivity index (χ3v) is 5.55. The van der Waals surface area contributed by atoms with Crippen LogP contribution in [0.3, 0.4) is 0 Å². The van der Waals surface area contributed by atoms with Gasteiger partial charge in [0, 0.05) is 25.7 Å². The number of hydrogen-bond donors (Lipinski definition) is 1. The van der Waals surface area contributed by atoms with E-state index in [1.165, 1.54) is 5.56 Å². The number of benzene rings is 2. The first-order valence-electron chi connectivity index (χ1n) is 10.7. The van der Waals surface area contributed by atoms with E-state index in [0.717, 1.165) is 49.5 Å². The molecule has 1 aliphatic rings. The van der Waals surface area contributed by atoms with Crippen molar-refractivity contribution in [3.8, 4) is 17.2 Å². The fraction of sp³-hybridized carbons (Fsp3) is 0.435. The van der Waals surface area contributed by atoms with Gasteiger partial charge in [-0.3, -0.25) is 4.90 Å². The molecule has 0 atom stereocenters. The van der Waals surface area contributed by atoms with Gasteiger partial charge in [-0.2, -0.15) is 0 Å². The van der Waals surface area contributed by atoms with E-state index in [0.29, 0.717) is 5.52 Å². The molecule has 2 aromatic carbocycles. The highest BCUT2D eigenvalue weighted by molar-refractivity contribution is 5.77. The molecule has 32 heavy (non-hydrogen) atoms. The van der Waals surface area contributed by atoms with Gasteiger partial charge in [-0.25, -0.2) is 9.48 Å². The summed E-state index contributed by atoms with van der Waals surface area (Å²) in [5.74, 6) is 1.76. The molecule has 1 fully saturated rings. The Bertz CT molecular complexity index is 1090. The summed E-state index contributed by atoms with van der Waals surface area (Å²) in [6.45, 7) is 6.74. The van der Waals surface area contributed by atoms with Gasteiger partial charge < -0.3 is 19.3 Å². The van der Waals surface area contributed by atoms with E-state index in [1.807, 2.05) is 30.7 Å². The number of nitrogens with zero attached hydrogens (tertiary/aromatic N) is 4.